The summed E-state index contributed by atoms with van der Waals surface area (Å²) in [6.45, 7) is 3.73. The zero-order chi connectivity index (χ0) is 14.7. The van der Waals surface area contributed by atoms with Gasteiger partial charge in [-0.15, -0.1) is 11.8 Å². The van der Waals surface area contributed by atoms with Crippen molar-refractivity contribution in [2.24, 2.45) is 0 Å². The molecule has 1 unspecified atom stereocenters. The summed E-state index contributed by atoms with van der Waals surface area (Å²) in [6.07, 6.45) is 0. The topological polar surface area (TPSA) is 56.5 Å². The highest BCUT2D eigenvalue weighted by atomic mass is 32.2. The van der Waals surface area contributed by atoms with Crippen molar-refractivity contribution in [3.63, 3.8) is 0 Å². The van der Waals surface area contributed by atoms with Gasteiger partial charge in [-0.05, 0) is 31.0 Å². The minimum absolute atomic E-state index is 0.266. The van der Waals surface area contributed by atoms with Gasteiger partial charge in [-0.25, -0.2) is 4.79 Å². The standard InChI is InChI=1S/C15H16O4S/c1-9-4-5-12-11(7-14(16)19-13(12)6-9)8-20-10(2)15(17)18-3/h4-7,10H,8H2,1-3H3. The van der Waals surface area contributed by atoms with Gasteiger partial charge in [0.15, 0.2) is 0 Å². The van der Waals surface area contributed by atoms with Crippen LogP contribution in [0.2, 0.25) is 0 Å². The van der Waals surface area contributed by atoms with E-state index in [0.717, 1.165) is 16.5 Å². The molecule has 0 aliphatic heterocycles. The molecule has 0 radical (unpaired) electrons. The van der Waals surface area contributed by atoms with Crippen molar-refractivity contribution in [3.05, 3.63) is 45.8 Å². The third-order valence-electron chi connectivity index (χ3n) is 3.01. The molecule has 2 aromatic rings. The van der Waals surface area contributed by atoms with E-state index in [9.17, 15) is 9.59 Å². The minimum Gasteiger partial charge on any atom is -0.468 e. The van der Waals surface area contributed by atoms with Gasteiger partial charge in [-0.3, -0.25) is 4.79 Å². The number of carbonyl (C=O) groups is 1. The molecule has 0 spiro atoms. The Kier molecular flexibility index (Phi) is 4.49. The molecule has 1 aromatic carbocycles. The maximum absolute atomic E-state index is 11.6. The molecule has 1 aromatic heterocycles. The maximum atomic E-state index is 11.6. The van der Waals surface area contributed by atoms with Crippen LogP contribution in [0.25, 0.3) is 11.0 Å². The highest BCUT2D eigenvalue weighted by Gasteiger charge is 2.15. The van der Waals surface area contributed by atoms with Crippen molar-refractivity contribution >= 4 is 28.7 Å². The first-order valence-corrected chi connectivity index (χ1v) is 7.29. The van der Waals surface area contributed by atoms with Crippen LogP contribution in [0.1, 0.15) is 18.1 Å². The molecule has 0 saturated heterocycles. The molecule has 0 aliphatic rings. The number of methoxy groups -OCH3 is 1. The number of rotatable bonds is 4. The van der Waals surface area contributed by atoms with Gasteiger partial charge in [0.05, 0.1) is 12.4 Å². The molecule has 1 atom stereocenters. The van der Waals surface area contributed by atoms with E-state index >= 15 is 0 Å². The first-order chi connectivity index (χ1) is 9.51. The number of hydrogen-bond acceptors (Lipinski definition) is 5. The van der Waals surface area contributed by atoms with Crippen LogP contribution in [0.15, 0.2) is 33.5 Å². The van der Waals surface area contributed by atoms with E-state index in [4.69, 9.17) is 4.42 Å². The average Bonchev–Trinajstić information content (AvgIpc) is 2.42. The summed E-state index contributed by atoms with van der Waals surface area (Å²) in [6, 6.07) is 7.23. The Morgan fingerprint density at radius 3 is 2.85 bits per heavy atom. The Bertz CT molecular complexity index is 690. The predicted molar refractivity (Wildman–Crippen MR) is 80.0 cm³/mol. The lowest BCUT2D eigenvalue weighted by atomic mass is 10.1. The van der Waals surface area contributed by atoms with Crippen LogP contribution in [0.4, 0.5) is 0 Å². The molecule has 0 fully saturated rings. The first-order valence-electron chi connectivity index (χ1n) is 6.24. The molecule has 5 heteroatoms. The summed E-state index contributed by atoms with van der Waals surface area (Å²) in [4.78, 5) is 23.0. The highest BCUT2D eigenvalue weighted by molar-refractivity contribution is 7.99. The molecule has 4 nitrogen and oxygen atoms in total. The molecule has 2 rings (SSSR count). The lowest BCUT2D eigenvalue weighted by Crippen LogP contribution is -2.15. The second-order valence-corrected chi connectivity index (χ2v) is 5.90. The van der Waals surface area contributed by atoms with Crippen LogP contribution < -0.4 is 5.63 Å². The summed E-state index contributed by atoms with van der Waals surface area (Å²) in [7, 11) is 1.37. The SMILES string of the molecule is COC(=O)C(C)SCc1cc(=O)oc2cc(C)ccc12. The van der Waals surface area contributed by atoms with E-state index in [1.54, 1.807) is 6.92 Å². The average molecular weight is 292 g/mol. The van der Waals surface area contributed by atoms with Gasteiger partial charge in [0.2, 0.25) is 0 Å². The van der Waals surface area contributed by atoms with Gasteiger partial charge in [0, 0.05) is 17.2 Å². The van der Waals surface area contributed by atoms with E-state index in [1.807, 2.05) is 25.1 Å². The van der Waals surface area contributed by atoms with Crippen molar-refractivity contribution in [1.82, 2.24) is 0 Å². The lowest BCUT2D eigenvalue weighted by Gasteiger charge is -2.10. The molecule has 0 bridgehead atoms. The number of hydrogen-bond donors (Lipinski definition) is 0. The lowest BCUT2D eigenvalue weighted by molar-refractivity contribution is -0.139. The predicted octanol–water partition coefficient (Wildman–Crippen LogP) is 2.90. The molecule has 0 N–H and O–H groups in total. The number of benzene rings is 1. The number of aryl methyl sites for hydroxylation is 1. The Balaban J connectivity index is 2.30. The molecule has 106 valence electrons. The fraction of sp³-hybridized carbons (Fsp3) is 0.333. The fourth-order valence-electron chi connectivity index (χ4n) is 1.91. The largest absolute Gasteiger partial charge is 0.468 e. The van der Waals surface area contributed by atoms with Crippen molar-refractivity contribution < 1.29 is 13.9 Å². The van der Waals surface area contributed by atoms with E-state index in [0.29, 0.717) is 11.3 Å². The van der Waals surface area contributed by atoms with Gasteiger partial charge in [0.25, 0.3) is 0 Å². The van der Waals surface area contributed by atoms with Gasteiger partial charge in [-0.1, -0.05) is 12.1 Å². The smallest absolute Gasteiger partial charge is 0.336 e. The normalized spacial score (nSPS) is 12.3. The zero-order valence-electron chi connectivity index (χ0n) is 11.6. The van der Waals surface area contributed by atoms with Crippen molar-refractivity contribution in [3.8, 4) is 0 Å². The van der Waals surface area contributed by atoms with E-state index < -0.39 is 0 Å². The van der Waals surface area contributed by atoms with Crippen molar-refractivity contribution in [1.29, 1.82) is 0 Å². The maximum Gasteiger partial charge on any atom is 0.336 e. The fourth-order valence-corrected chi connectivity index (χ4v) is 2.81. The van der Waals surface area contributed by atoms with Crippen LogP contribution in [0.5, 0.6) is 0 Å². The summed E-state index contributed by atoms with van der Waals surface area (Å²) in [5, 5.41) is 0.632. The van der Waals surface area contributed by atoms with Crippen LogP contribution >= 0.6 is 11.8 Å². The van der Waals surface area contributed by atoms with Crippen LogP contribution in [0, 0.1) is 6.92 Å². The molecular formula is C15H16O4S. The second kappa shape index (κ2) is 6.13. The summed E-state index contributed by atoms with van der Waals surface area (Å²) in [5.41, 5.74) is 2.12. The van der Waals surface area contributed by atoms with E-state index in [2.05, 4.69) is 4.74 Å². The highest BCUT2D eigenvalue weighted by Crippen LogP contribution is 2.24. The quantitative estimate of drug-likeness (QED) is 0.640. The van der Waals surface area contributed by atoms with E-state index in [-0.39, 0.29) is 16.8 Å². The van der Waals surface area contributed by atoms with Gasteiger partial charge >= 0.3 is 11.6 Å². The minimum atomic E-state index is -0.371. The van der Waals surface area contributed by atoms with Crippen LogP contribution in [-0.2, 0) is 15.3 Å². The number of thioether (sulfide) groups is 1. The van der Waals surface area contributed by atoms with Gasteiger partial charge in [0.1, 0.15) is 5.58 Å². The summed E-state index contributed by atoms with van der Waals surface area (Å²) < 4.78 is 9.89. The number of fused-ring (bicyclic) bond motifs is 1. The zero-order valence-corrected chi connectivity index (χ0v) is 12.5. The second-order valence-electron chi connectivity index (χ2n) is 4.57. The Labute approximate surface area is 121 Å². The molecule has 0 amide bonds. The van der Waals surface area contributed by atoms with Crippen molar-refractivity contribution in [2.45, 2.75) is 24.9 Å². The monoisotopic (exact) mass is 292 g/mol. The molecule has 0 aliphatic carbocycles. The number of ether oxygens (including phenoxy) is 1. The Hall–Kier alpha value is -1.75. The van der Waals surface area contributed by atoms with Crippen LogP contribution in [-0.4, -0.2) is 18.3 Å². The summed E-state index contributed by atoms with van der Waals surface area (Å²) in [5.74, 6) is 0.291. The van der Waals surface area contributed by atoms with Crippen LogP contribution in [0.3, 0.4) is 0 Å². The molecule has 0 saturated carbocycles. The number of esters is 1. The number of carbonyl (C=O) groups excluding carboxylic acids is 1. The third kappa shape index (κ3) is 3.22. The summed E-state index contributed by atoms with van der Waals surface area (Å²) >= 11 is 1.43. The molecule has 1 heterocycles. The van der Waals surface area contributed by atoms with Gasteiger partial charge in [-0.2, -0.15) is 0 Å². The molecular weight excluding hydrogens is 276 g/mol. The Morgan fingerprint density at radius 1 is 1.40 bits per heavy atom. The van der Waals surface area contributed by atoms with E-state index in [1.165, 1.54) is 24.9 Å². The Morgan fingerprint density at radius 2 is 2.15 bits per heavy atom. The van der Waals surface area contributed by atoms with Crippen molar-refractivity contribution in [2.75, 3.05) is 7.11 Å². The molecule has 20 heavy (non-hydrogen) atoms. The third-order valence-corrected chi connectivity index (χ3v) is 4.18. The first kappa shape index (κ1) is 14.7. The van der Waals surface area contributed by atoms with Gasteiger partial charge < -0.3 is 9.15 Å².